The van der Waals surface area contributed by atoms with Crippen molar-refractivity contribution < 1.29 is 23.9 Å². The molecule has 0 aromatic heterocycles. The normalized spacial score (nSPS) is 9.70. The third-order valence-electron chi connectivity index (χ3n) is 3.67. The molecule has 2 aromatic rings. The molecule has 2 rings (SSSR count). The minimum atomic E-state index is -0.199. The van der Waals surface area contributed by atoms with E-state index in [0.717, 1.165) is 0 Å². The lowest BCUT2D eigenvalue weighted by molar-refractivity contribution is 0.0998. The van der Waals surface area contributed by atoms with Gasteiger partial charge in [0.05, 0.1) is 0 Å². The maximum Gasteiger partial charge on any atom is 0.159 e. The number of ketones is 4. The van der Waals surface area contributed by atoms with E-state index in [0.29, 0.717) is 22.3 Å². The predicted octanol–water partition coefficient (Wildman–Crippen LogP) is 5.32. The molecule has 5 nitrogen and oxygen atoms in total. The Bertz CT molecular complexity index is 756. The zero-order valence-electron chi connectivity index (χ0n) is 16.5. The van der Waals surface area contributed by atoms with Crippen LogP contribution in [0.5, 0.6) is 11.5 Å². The van der Waals surface area contributed by atoms with Gasteiger partial charge in [0.2, 0.25) is 0 Å². The van der Waals surface area contributed by atoms with Crippen molar-refractivity contribution in [2.45, 2.75) is 41.5 Å². The summed E-state index contributed by atoms with van der Waals surface area (Å²) in [6.45, 7) is 9.58. The highest BCUT2D eigenvalue weighted by atomic mass is 16.5. The summed E-state index contributed by atoms with van der Waals surface area (Å²) in [5.74, 6) is -0.226. The number of ether oxygens (including phenoxy) is 1. The molecule has 0 fully saturated rings. The van der Waals surface area contributed by atoms with Gasteiger partial charge >= 0.3 is 0 Å². The number of benzene rings is 2. The molecule has 0 aliphatic heterocycles. The Labute approximate surface area is 159 Å². The summed E-state index contributed by atoms with van der Waals surface area (Å²) >= 11 is 0. The van der Waals surface area contributed by atoms with Crippen LogP contribution >= 0.6 is 0 Å². The smallest absolute Gasteiger partial charge is 0.159 e. The maximum atomic E-state index is 11.7. The van der Waals surface area contributed by atoms with Gasteiger partial charge in [-0.05, 0) is 64.1 Å². The van der Waals surface area contributed by atoms with Gasteiger partial charge in [-0.1, -0.05) is 13.8 Å². The van der Waals surface area contributed by atoms with Gasteiger partial charge in [0.15, 0.2) is 23.1 Å². The molecule has 0 saturated heterocycles. The van der Waals surface area contributed by atoms with Crippen LogP contribution in [0.3, 0.4) is 0 Å². The fourth-order valence-electron chi connectivity index (χ4n) is 2.27. The zero-order chi connectivity index (χ0) is 20.7. The fraction of sp³-hybridized carbons (Fsp3) is 0.273. The average molecular weight is 368 g/mol. The van der Waals surface area contributed by atoms with E-state index in [1.54, 1.807) is 0 Å². The predicted molar refractivity (Wildman–Crippen MR) is 104 cm³/mol. The number of rotatable bonds is 6. The highest BCUT2D eigenvalue weighted by Gasteiger charge is 2.12. The molecule has 0 unspecified atom stereocenters. The van der Waals surface area contributed by atoms with Crippen LogP contribution in [0.25, 0.3) is 0 Å². The lowest BCUT2D eigenvalue weighted by Gasteiger charge is -2.11. The number of carbonyl (C=O) groups is 4. The zero-order valence-corrected chi connectivity index (χ0v) is 16.5. The lowest BCUT2D eigenvalue weighted by Crippen LogP contribution is -2.01. The van der Waals surface area contributed by atoms with Gasteiger partial charge in [0.1, 0.15) is 11.5 Å². The van der Waals surface area contributed by atoms with Crippen molar-refractivity contribution in [1.29, 1.82) is 0 Å². The minimum absolute atomic E-state index is 0.199. The molecule has 5 heteroatoms. The second kappa shape index (κ2) is 9.57. The molecule has 0 N–H and O–H groups in total. The molecule has 0 heterocycles. The molecule has 0 saturated carbocycles. The first kappa shape index (κ1) is 22.0. The first-order valence-electron chi connectivity index (χ1n) is 8.69. The topological polar surface area (TPSA) is 77.5 Å². The van der Waals surface area contributed by atoms with Crippen molar-refractivity contribution in [3.8, 4) is 11.5 Å². The Morgan fingerprint density at radius 2 is 0.741 bits per heavy atom. The summed E-state index contributed by atoms with van der Waals surface area (Å²) in [7, 11) is 0. The second-order valence-electron chi connectivity index (χ2n) is 5.82. The van der Waals surface area contributed by atoms with Gasteiger partial charge in [0.25, 0.3) is 0 Å². The molecule has 0 bridgehead atoms. The van der Waals surface area contributed by atoms with Crippen LogP contribution < -0.4 is 4.74 Å². The van der Waals surface area contributed by atoms with Crippen LogP contribution in [0.4, 0.5) is 0 Å². The molecule has 0 amide bonds. The Balaban J connectivity index is 0.00000176. The fourth-order valence-corrected chi connectivity index (χ4v) is 2.27. The molecule has 2 aromatic carbocycles. The first-order valence-corrected chi connectivity index (χ1v) is 8.69. The highest BCUT2D eigenvalue weighted by Crippen LogP contribution is 2.27. The Morgan fingerprint density at radius 3 is 0.926 bits per heavy atom. The molecule has 142 valence electrons. The van der Waals surface area contributed by atoms with Crippen LogP contribution in [0.1, 0.15) is 83.0 Å². The van der Waals surface area contributed by atoms with Crippen LogP contribution in [0.2, 0.25) is 0 Å². The molecule has 0 atom stereocenters. The minimum Gasteiger partial charge on any atom is -0.457 e. The summed E-state index contributed by atoms with van der Waals surface area (Å²) in [5.41, 5.74) is 1.38. The van der Waals surface area contributed by atoms with Gasteiger partial charge in [-0.3, -0.25) is 19.2 Å². The Hall–Kier alpha value is -3.08. The van der Waals surface area contributed by atoms with E-state index in [-0.39, 0.29) is 34.6 Å². The molecule has 0 radical (unpaired) electrons. The molecule has 0 aliphatic carbocycles. The van der Waals surface area contributed by atoms with Gasteiger partial charge < -0.3 is 4.74 Å². The molecular formula is C22H24O5. The van der Waals surface area contributed by atoms with Gasteiger partial charge in [-0.2, -0.15) is 0 Å². The van der Waals surface area contributed by atoms with Crippen LogP contribution in [0, 0.1) is 0 Å². The van der Waals surface area contributed by atoms with Crippen molar-refractivity contribution >= 4 is 23.1 Å². The van der Waals surface area contributed by atoms with E-state index in [4.69, 9.17) is 4.74 Å². The van der Waals surface area contributed by atoms with Crippen molar-refractivity contribution in [3.05, 3.63) is 58.7 Å². The Kier molecular flexibility index (Phi) is 7.79. The van der Waals surface area contributed by atoms with Crippen molar-refractivity contribution in [2.24, 2.45) is 0 Å². The molecule has 0 aliphatic rings. The quantitative estimate of drug-likeness (QED) is 0.645. The summed E-state index contributed by atoms with van der Waals surface area (Å²) < 4.78 is 5.73. The number of Topliss-reactive ketones (excluding diaryl/α,β-unsaturated/α-hetero) is 4. The second-order valence-corrected chi connectivity index (χ2v) is 5.82. The largest absolute Gasteiger partial charge is 0.457 e. The lowest BCUT2D eigenvalue weighted by atomic mass is 10.0. The Morgan fingerprint density at radius 1 is 0.519 bits per heavy atom. The average Bonchev–Trinajstić information content (AvgIpc) is 2.62. The summed E-state index contributed by atoms with van der Waals surface area (Å²) in [6.07, 6.45) is 0. The van der Waals surface area contributed by atoms with Crippen LogP contribution in [-0.2, 0) is 0 Å². The summed E-state index contributed by atoms with van der Waals surface area (Å²) in [4.78, 5) is 46.6. The van der Waals surface area contributed by atoms with Gasteiger partial charge in [0, 0.05) is 22.3 Å². The van der Waals surface area contributed by atoms with E-state index >= 15 is 0 Å². The van der Waals surface area contributed by atoms with Crippen molar-refractivity contribution in [3.63, 3.8) is 0 Å². The van der Waals surface area contributed by atoms with E-state index < -0.39 is 0 Å². The maximum absolute atomic E-state index is 11.7. The van der Waals surface area contributed by atoms with Crippen LogP contribution in [-0.4, -0.2) is 23.1 Å². The van der Waals surface area contributed by atoms with Gasteiger partial charge in [-0.25, -0.2) is 0 Å². The van der Waals surface area contributed by atoms with Crippen molar-refractivity contribution in [2.75, 3.05) is 0 Å². The molecule has 27 heavy (non-hydrogen) atoms. The third-order valence-corrected chi connectivity index (χ3v) is 3.67. The SMILES string of the molecule is CC.CC(=O)c1cc(Oc2cc(C(C)=O)cc(C(C)=O)c2)cc(C(C)=O)c1. The standard InChI is InChI=1S/C20H18O5.C2H6/c1-11(21)15-5-16(12(2)22)8-19(7-15)25-20-9-17(13(3)23)6-18(10-20)14(4)24;1-2/h5-10H,1-4H3;1-2H3. The van der Waals surface area contributed by atoms with Crippen molar-refractivity contribution in [1.82, 2.24) is 0 Å². The van der Waals surface area contributed by atoms with Gasteiger partial charge in [-0.15, -0.1) is 0 Å². The molecular weight excluding hydrogens is 344 g/mol. The number of hydrogen-bond acceptors (Lipinski definition) is 5. The van der Waals surface area contributed by atoms with E-state index in [1.165, 1.54) is 64.1 Å². The summed E-state index contributed by atoms with van der Waals surface area (Å²) in [6, 6.07) is 9.08. The molecule has 0 spiro atoms. The van der Waals surface area contributed by atoms with E-state index in [1.807, 2.05) is 13.8 Å². The monoisotopic (exact) mass is 368 g/mol. The number of carbonyl (C=O) groups excluding carboxylic acids is 4. The number of hydrogen-bond donors (Lipinski definition) is 0. The summed E-state index contributed by atoms with van der Waals surface area (Å²) in [5, 5.41) is 0. The van der Waals surface area contributed by atoms with E-state index in [2.05, 4.69) is 0 Å². The third kappa shape index (κ3) is 5.99. The van der Waals surface area contributed by atoms with Crippen LogP contribution in [0.15, 0.2) is 36.4 Å². The first-order chi connectivity index (χ1) is 12.7. The highest BCUT2D eigenvalue weighted by molar-refractivity contribution is 6.01. The van der Waals surface area contributed by atoms with E-state index in [9.17, 15) is 19.2 Å².